The number of ether oxygens (including phenoxy) is 3. The molecule has 6 unspecified atom stereocenters. The zero-order valence-electron chi connectivity index (χ0n) is 28.5. The van der Waals surface area contributed by atoms with E-state index in [1.807, 2.05) is 48.4 Å². The third-order valence-corrected chi connectivity index (χ3v) is 10.4. The van der Waals surface area contributed by atoms with Gasteiger partial charge in [0.15, 0.2) is 5.76 Å². The quantitative estimate of drug-likeness (QED) is 0.195. The Morgan fingerprint density at radius 3 is 2.42 bits per heavy atom. The van der Waals surface area contributed by atoms with Gasteiger partial charge in [-0.15, -0.1) is 11.6 Å². The molecule has 0 bridgehead atoms. The number of halogens is 1. The predicted octanol–water partition coefficient (Wildman–Crippen LogP) is 5.53. The fourth-order valence-corrected chi connectivity index (χ4v) is 7.67. The molecule has 50 heavy (non-hydrogen) atoms. The van der Waals surface area contributed by atoms with Crippen LogP contribution in [0.1, 0.15) is 22.5 Å². The lowest BCUT2D eigenvalue weighted by atomic mass is 9.64. The molecule has 3 N–H and O–H groups in total. The number of allylic oxidation sites excluding steroid dienone is 3. The van der Waals surface area contributed by atoms with Gasteiger partial charge in [0.25, 0.3) is 5.91 Å². The summed E-state index contributed by atoms with van der Waals surface area (Å²) in [6.45, 7) is 1.15. The molecule has 3 aliphatic rings. The molecule has 13 heteroatoms. The van der Waals surface area contributed by atoms with Crippen LogP contribution in [0.4, 0.5) is 15.3 Å². The number of alkyl halides is 1. The zero-order valence-corrected chi connectivity index (χ0v) is 29.3. The normalized spacial score (nSPS) is 23.6. The summed E-state index contributed by atoms with van der Waals surface area (Å²) < 4.78 is 23.0. The van der Waals surface area contributed by atoms with Gasteiger partial charge in [0.1, 0.15) is 30.8 Å². The Kier molecular flexibility index (Phi) is 10.9. The van der Waals surface area contributed by atoms with E-state index in [1.54, 1.807) is 38.4 Å². The van der Waals surface area contributed by atoms with Gasteiger partial charge in [-0.3, -0.25) is 10.5 Å². The summed E-state index contributed by atoms with van der Waals surface area (Å²) in [6.07, 6.45) is 7.21. The number of carbonyl (C=O) groups excluding carboxylic acids is 3. The first kappa shape index (κ1) is 35.2. The van der Waals surface area contributed by atoms with E-state index < -0.39 is 18.3 Å². The predicted molar refractivity (Wildman–Crippen MR) is 190 cm³/mol. The highest BCUT2D eigenvalue weighted by Crippen LogP contribution is 2.49. The van der Waals surface area contributed by atoms with Crippen molar-refractivity contribution in [1.29, 1.82) is 0 Å². The summed E-state index contributed by atoms with van der Waals surface area (Å²) in [4.78, 5) is 44.8. The van der Waals surface area contributed by atoms with Crippen molar-refractivity contribution < 1.29 is 33.0 Å². The van der Waals surface area contributed by atoms with E-state index in [0.717, 1.165) is 16.6 Å². The minimum Gasteiger partial charge on any atom is -0.479 e. The maximum Gasteiger partial charge on any atom is 0.409 e. The first-order valence-corrected chi connectivity index (χ1v) is 17.4. The number of nitrogens with one attached hydrogen (secondary N) is 1. The Morgan fingerprint density at radius 1 is 1.00 bits per heavy atom. The molecule has 0 radical (unpaired) electrons. The Balaban J connectivity index is 1.10. The van der Waals surface area contributed by atoms with Gasteiger partial charge < -0.3 is 38.6 Å². The average molecular weight is 706 g/mol. The molecule has 266 valence electrons. The van der Waals surface area contributed by atoms with Gasteiger partial charge in [-0.25, -0.2) is 9.59 Å². The maximum absolute atomic E-state index is 14.0. The van der Waals surface area contributed by atoms with Crippen molar-refractivity contribution in [3.05, 3.63) is 84.2 Å². The number of nitrogens with two attached hydrogens (primary N) is 1. The molecule has 2 aliphatic carbocycles. The molecule has 2 fully saturated rings. The van der Waals surface area contributed by atoms with Gasteiger partial charge in [-0.1, -0.05) is 36.4 Å². The number of hydrogen-bond donors (Lipinski definition) is 2. The Morgan fingerprint density at radius 2 is 1.72 bits per heavy atom. The van der Waals surface area contributed by atoms with Crippen molar-refractivity contribution >= 4 is 46.4 Å². The van der Waals surface area contributed by atoms with Crippen LogP contribution in [0.15, 0.2) is 77.3 Å². The Hall–Kier alpha value is -4.68. The van der Waals surface area contributed by atoms with Crippen LogP contribution in [0.3, 0.4) is 0 Å². The van der Waals surface area contributed by atoms with E-state index in [0.29, 0.717) is 30.2 Å². The molecular weight excluding hydrogens is 662 g/mol. The van der Waals surface area contributed by atoms with Crippen molar-refractivity contribution in [3.8, 4) is 5.75 Å². The third kappa shape index (κ3) is 7.41. The van der Waals surface area contributed by atoms with Crippen LogP contribution >= 0.6 is 11.6 Å². The molecule has 1 saturated heterocycles. The average Bonchev–Trinajstić information content (AvgIpc) is 3.74. The molecule has 6 atom stereocenters. The first-order valence-electron chi connectivity index (χ1n) is 16.9. The second kappa shape index (κ2) is 15.5. The molecular formula is C37H44ClN5O7. The first-order chi connectivity index (χ1) is 24.2. The Bertz CT molecular complexity index is 1740. The lowest BCUT2D eigenvalue weighted by Crippen LogP contribution is -2.51. The summed E-state index contributed by atoms with van der Waals surface area (Å²) in [7, 11) is 5.11. The molecule has 3 amide bonds. The molecule has 1 saturated carbocycles. The van der Waals surface area contributed by atoms with Gasteiger partial charge in [0, 0.05) is 76.1 Å². The molecule has 2 aromatic carbocycles. The molecule has 12 nitrogen and oxygen atoms in total. The Labute approximate surface area is 296 Å². The fourth-order valence-electron chi connectivity index (χ4n) is 7.37. The van der Waals surface area contributed by atoms with Crippen LogP contribution in [0, 0.1) is 23.7 Å². The van der Waals surface area contributed by atoms with Crippen molar-refractivity contribution in [2.24, 2.45) is 29.4 Å². The van der Waals surface area contributed by atoms with Crippen LogP contribution in [-0.2, 0) is 16.1 Å². The number of hydrogen-bond acceptors (Lipinski definition) is 9. The van der Waals surface area contributed by atoms with E-state index in [1.165, 1.54) is 9.80 Å². The second-order valence-electron chi connectivity index (χ2n) is 13.1. The maximum atomic E-state index is 14.0. The molecule has 0 spiro atoms. The molecule has 1 aliphatic heterocycles. The third-order valence-electron chi connectivity index (χ3n) is 10.0. The summed E-state index contributed by atoms with van der Waals surface area (Å²) in [5.74, 6) is 1.10. The van der Waals surface area contributed by atoms with Crippen molar-refractivity contribution in [2.45, 2.75) is 25.2 Å². The van der Waals surface area contributed by atoms with Gasteiger partial charge in [0.05, 0.1) is 0 Å². The second-order valence-corrected chi connectivity index (χ2v) is 13.4. The SMILES string of the molecule is CNc1ccc(COC(=O)N(C)CCN(C)C(=O)OC2CC3C(C(CCl)CN3C(=O)c3cc4cc(OCN)ccc4o3)C3C=CC=CC23)cc1. The summed E-state index contributed by atoms with van der Waals surface area (Å²) in [5.41, 5.74) is 7.93. The molecule has 2 heterocycles. The van der Waals surface area contributed by atoms with Crippen molar-refractivity contribution in [2.75, 3.05) is 58.7 Å². The van der Waals surface area contributed by atoms with E-state index in [-0.39, 0.29) is 67.8 Å². The number of likely N-dealkylation sites (tertiary alicyclic amines) is 1. The number of fused-ring (bicyclic) bond motifs is 4. The summed E-state index contributed by atoms with van der Waals surface area (Å²) >= 11 is 6.53. The fraction of sp³-hybridized carbons (Fsp3) is 0.432. The largest absolute Gasteiger partial charge is 0.479 e. The van der Waals surface area contributed by atoms with E-state index in [9.17, 15) is 14.4 Å². The summed E-state index contributed by atoms with van der Waals surface area (Å²) in [5, 5.41) is 3.79. The van der Waals surface area contributed by atoms with Gasteiger partial charge in [-0.05, 0) is 59.7 Å². The molecule has 3 aromatic rings. The van der Waals surface area contributed by atoms with Crippen LogP contribution < -0.4 is 15.8 Å². The van der Waals surface area contributed by atoms with Crippen molar-refractivity contribution in [1.82, 2.24) is 14.7 Å². The van der Waals surface area contributed by atoms with Gasteiger partial charge in [-0.2, -0.15) is 0 Å². The monoisotopic (exact) mass is 705 g/mol. The van der Waals surface area contributed by atoms with E-state index in [2.05, 4.69) is 17.5 Å². The summed E-state index contributed by atoms with van der Waals surface area (Å²) in [6, 6.07) is 14.4. The topological polar surface area (TPSA) is 140 Å². The highest BCUT2D eigenvalue weighted by Gasteiger charge is 2.54. The number of anilines is 1. The smallest absolute Gasteiger partial charge is 0.409 e. The zero-order chi connectivity index (χ0) is 35.4. The lowest BCUT2D eigenvalue weighted by molar-refractivity contribution is -0.0186. The van der Waals surface area contributed by atoms with Crippen molar-refractivity contribution in [3.63, 3.8) is 0 Å². The van der Waals surface area contributed by atoms with E-state index >= 15 is 0 Å². The highest BCUT2D eigenvalue weighted by molar-refractivity contribution is 6.18. The lowest BCUT2D eigenvalue weighted by Gasteiger charge is -2.45. The number of amides is 3. The van der Waals surface area contributed by atoms with Gasteiger partial charge >= 0.3 is 12.2 Å². The molecule has 6 rings (SSSR count). The number of nitrogens with zero attached hydrogens (tertiary/aromatic N) is 3. The minimum atomic E-state index is -0.501. The molecule has 1 aromatic heterocycles. The van der Waals surface area contributed by atoms with Crippen LogP contribution in [-0.4, -0.2) is 98.3 Å². The van der Waals surface area contributed by atoms with Gasteiger partial charge in [0.2, 0.25) is 0 Å². The number of likely N-dealkylation sites (N-methyl/N-ethyl adjacent to an activating group) is 2. The van der Waals surface area contributed by atoms with Crippen LogP contribution in [0.5, 0.6) is 5.75 Å². The standard InChI is InChI=1S/C37H44ClN5O7/c1-40-26-10-8-23(9-11-26)21-47-36(45)41(2)14-15-42(3)37(46)50-32-18-30-34(29-7-5-4-6-28(29)32)25(19-38)20-43(30)35(44)33-17-24-16-27(48-22-39)12-13-31(24)49-33/h4-13,16-17,25,28-30,32,34,40H,14-15,18-22,39H2,1-3H3. The highest BCUT2D eigenvalue weighted by atomic mass is 35.5. The number of rotatable bonds is 11. The van der Waals surface area contributed by atoms with E-state index in [4.69, 9.17) is 36.0 Å². The van der Waals surface area contributed by atoms with Crippen LogP contribution in [0.25, 0.3) is 11.0 Å². The number of benzene rings is 2. The minimum absolute atomic E-state index is 0.0328. The van der Waals surface area contributed by atoms with Crippen LogP contribution in [0.2, 0.25) is 0 Å². The number of carbonyl (C=O) groups is 3. The number of furan rings is 1.